The van der Waals surface area contributed by atoms with Gasteiger partial charge in [-0.25, -0.2) is 9.78 Å². The molecule has 0 spiro atoms. The van der Waals surface area contributed by atoms with E-state index in [2.05, 4.69) is 10.3 Å². The Bertz CT molecular complexity index is 1220. The van der Waals surface area contributed by atoms with Crippen LogP contribution in [-0.4, -0.2) is 27.2 Å². The minimum absolute atomic E-state index is 0.0199. The van der Waals surface area contributed by atoms with Gasteiger partial charge in [-0.15, -0.1) is 0 Å². The van der Waals surface area contributed by atoms with Gasteiger partial charge in [0, 0.05) is 5.69 Å². The van der Waals surface area contributed by atoms with Crippen molar-refractivity contribution in [3.05, 3.63) is 59.4 Å². The number of nitrogens with one attached hydrogen (secondary N) is 1. The minimum atomic E-state index is -1.07. The SMILES string of the molecule is CC(Sc1nc(N)c(C#N)c(-c2ccco2)c1C#N)C(=O)Nc1ccc(C(=O)O)cc1. The maximum absolute atomic E-state index is 12.6. The molecule has 2 aromatic heterocycles. The van der Waals surface area contributed by atoms with Crippen LogP contribution in [0.1, 0.15) is 28.4 Å². The molecule has 1 unspecified atom stereocenters. The lowest BCUT2D eigenvalue weighted by Gasteiger charge is -2.15. The zero-order valence-corrected chi connectivity index (χ0v) is 16.9. The lowest BCUT2D eigenvalue weighted by molar-refractivity contribution is -0.115. The van der Waals surface area contributed by atoms with E-state index in [1.54, 1.807) is 19.1 Å². The molecular formula is C21H15N5O4S. The van der Waals surface area contributed by atoms with E-state index in [1.165, 1.54) is 30.5 Å². The molecule has 10 heteroatoms. The molecule has 0 bridgehead atoms. The quantitative estimate of drug-likeness (QED) is 0.493. The van der Waals surface area contributed by atoms with E-state index in [4.69, 9.17) is 15.3 Å². The van der Waals surface area contributed by atoms with Crippen molar-refractivity contribution < 1.29 is 19.1 Å². The Hall–Kier alpha value is -4.28. The number of nitrogens with two attached hydrogens (primary N) is 1. The maximum Gasteiger partial charge on any atom is 0.335 e. The number of amides is 1. The molecule has 3 rings (SSSR count). The van der Waals surface area contributed by atoms with E-state index in [-0.39, 0.29) is 39.0 Å². The van der Waals surface area contributed by atoms with E-state index in [0.29, 0.717) is 11.4 Å². The van der Waals surface area contributed by atoms with Crippen molar-refractivity contribution in [2.75, 3.05) is 11.1 Å². The van der Waals surface area contributed by atoms with Crippen LogP contribution in [0.25, 0.3) is 11.3 Å². The van der Waals surface area contributed by atoms with Gasteiger partial charge in [-0.2, -0.15) is 10.5 Å². The molecule has 0 fully saturated rings. The van der Waals surface area contributed by atoms with Gasteiger partial charge in [0.05, 0.1) is 28.2 Å². The van der Waals surface area contributed by atoms with Crippen LogP contribution >= 0.6 is 11.8 Å². The van der Waals surface area contributed by atoms with Gasteiger partial charge in [-0.3, -0.25) is 4.79 Å². The molecule has 4 N–H and O–H groups in total. The van der Waals surface area contributed by atoms with Crippen molar-refractivity contribution >= 4 is 35.1 Å². The highest BCUT2D eigenvalue weighted by Crippen LogP contribution is 2.37. The van der Waals surface area contributed by atoms with Crippen molar-refractivity contribution in [2.45, 2.75) is 17.2 Å². The molecule has 9 nitrogen and oxygen atoms in total. The van der Waals surface area contributed by atoms with Crippen molar-refractivity contribution in [3.63, 3.8) is 0 Å². The summed E-state index contributed by atoms with van der Waals surface area (Å²) in [7, 11) is 0. The predicted octanol–water partition coefficient (Wildman–Crippen LogP) is 3.48. The third-order valence-electron chi connectivity index (χ3n) is 4.24. The number of thioether (sulfide) groups is 1. The fourth-order valence-electron chi connectivity index (χ4n) is 2.71. The number of hydrogen-bond donors (Lipinski definition) is 3. The highest BCUT2D eigenvalue weighted by Gasteiger charge is 2.25. The summed E-state index contributed by atoms with van der Waals surface area (Å²) in [5.41, 5.74) is 6.78. The number of anilines is 2. The monoisotopic (exact) mass is 433 g/mol. The van der Waals surface area contributed by atoms with Gasteiger partial charge in [-0.05, 0) is 43.3 Å². The molecule has 0 aliphatic carbocycles. The molecule has 0 aliphatic rings. The fraction of sp³-hybridized carbons (Fsp3) is 0.0952. The number of aromatic nitrogens is 1. The van der Waals surface area contributed by atoms with Crippen LogP contribution in [0.2, 0.25) is 0 Å². The third-order valence-corrected chi connectivity index (χ3v) is 5.33. The first kappa shape index (κ1) is 21.4. The number of benzene rings is 1. The summed E-state index contributed by atoms with van der Waals surface area (Å²) in [4.78, 5) is 27.7. The van der Waals surface area contributed by atoms with Gasteiger partial charge in [0.1, 0.15) is 34.3 Å². The number of nitrogen functional groups attached to an aromatic ring is 1. The summed E-state index contributed by atoms with van der Waals surface area (Å²) in [5, 5.41) is 30.3. The number of nitriles is 2. The summed E-state index contributed by atoms with van der Waals surface area (Å²) in [5.74, 6) is -1.24. The molecule has 0 saturated carbocycles. The fourth-order valence-corrected chi connectivity index (χ4v) is 3.63. The number of hydrogen-bond acceptors (Lipinski definition) is 8. The Kier molecular flexibility index (Phi) is 6.24. The summed E-state index contributed by atoms with van der Waals surface area (Å²) in [6.07, 6.45) is 1.41. The first-order valence-corrected chi connectivity index (χ1v) is 9.72. The van der Waals surface area contributed by atoms with Gasteiger partial charge >= 0.3 is 5.97 Å². The number of pyridine rings is 1. The molecular weight excluding hydrogens is 418 g/mol. The number of furan rings is 1. The van der Waals surface area contributed by atoms with E-state index in [1.807, 2.05) is 12.1 Å². The van der Waals surface area contributed by atoms with Crippen LogP contribution in [0, 0.1) is 22.7 Å². The number of carbonyl (C=O) groups excluding carboxylic acids is 1. The number of aromatic carboxylic acids is 1. The Morgan fingerprint density at radius 1 is 1.19 bits per heavy atom. The number of rotatable bonds is 6. The molecule has 1 aromatic carbocycles. The van der Waals surface area contributed by atoms with Gasteiger partial charge in [0.25, 0.3) is 0 Å². The van der Waals surface area contributed by atoms with Crippen molar-refractivity contribution in [2.24, 2.45) is 0 Å². The van der Waals surface area contributed by atoms with Crippen LogP contribution in [0.3, 0.4) is 0 Å². The molecule has 0 radical (unpaired) electrons. The zero-order valence-electron chi connectivity index (χ0n) is 16.1. The Labute approximate surface area is 181 Å². The maximum atomic E-state index is 12.6. The average Bonchev–Trinajstić information content (AvgIpc) is 3.28. The molecule has 154 valence electrons. The molecule has 1 amide bonds. The van der Waals surface area contributed by atoms with Gasteiger partial charge in [-0.1, -0.05) is 11.8 Å². The van der Waals surface area contributed by atoms with E-state index < -0.39 is 11.2 Å². The second-order valence-corrected chi connectivity index (χ2v) is 7.59. The topological polar surface area (TPSA) is 166 Å². The largest absolute Gasteiger partial charge is 0.478 e. The van der Waals surface area contributed by atoms with E-state index >= 15 is 0 Å². The number of carboxylic acids is 1. The Balaban J connectivity index is 1.88. The van der Waals surface area contributed by atoms with Crippen LogP contribution in [0.5, 0.6) is 0 Å². The third kappa shape index (κ3) is 4.50. The summed E-state index contributed by atoms with van der Waals surface area (Å²) >= 11 is 1.00. The molecule has 0 aliphatic heterocycles. The van der Waals surface area contributed by atoms with Gasteiger partial charge < -0.3 is 20.6 Å². The van der Waals surface area contributed by atoms with Gasteiger partial charge in [0.15, 0.2) is 0 Å². The zero-order chi connectivity index (χ0) is 22.5. The Morgan fingerprint density at radius 3 is 2.42 bits per heavy atom. The average molecular weight is 433 g/mol. The lowest BCUT2D eigenvalue weighted by atomic mass is 10.0. The smallest absolute Gasteiger partial charge is 0.335 e. The van der Waals surface area contributed by atoms with Gasteiger partial charge in [0.2, 0.25) is 5.91 Å². The molecule has 1 atom stereocenters. The van der Waals surface area contributed by atoms with Crippen LogP contribution in [0.4, 0.5) is 11.5 Å². The Morgan fingerprint density at radius 2 is 1.87 bits per heavy atom. The summed E-state index contributed by atoms with van der Waals surface area (Å²) in [6.45, 7) is 1.62. The highest BCUT2D eigenvalue weighted by molar-refractivity contribution is 8.00. The number of nitrogens with zero attached hydrogens (tertiary/aromatic N) is 3. The first-order chi connectivity index (χ1) is 14.8. The standard InChI is InChI=1S/C21H15N5O4S/c1-11(19(27)25-13-6-4-12(5-7-13)21(28)29)31-20-15(10-23)17(16-3-2-8-30-16)14(9-22)18(24)26-20/h2-8,11H,1H3,(H2,24,26)(H,25,27)(H,28,29). The minimum Gasteiger partial charge on any atom is -0.478 e. The van der Waals surface area contributed by atoms with Crippen LogP contribution < -0.4 is 11.1 Å². The van der Waals surface area contributed by atoms with Crippen LogP contribution in [-0.2, 0) is 4.79 Å². The van der Waals surface area contributed by atoms with E-state index in [0.717, 1.165) is 11.8 Å². The number of carbonyl (C=O) groups is 2. The molecule has 3 aromatic rings. The van der Waals surface area contributed by atoms with Crippen molar-refractivity contribution in [3.8, 4) is 23.5 Å². The first-order valence-electron chi connectivity index (χ1n) is 8.84. The lowest BCUT2D eigenvalue weighted by Crippen LogP contribution is -2.22. The predicted molar refractivity (Wildman–Crippen MR) is 113 cm³/mol. The normalized spacial score (nSPS) is 11.2. The molecule has 31 heavy (non-hydrogen) atoms. The second-order valence-electron chi connectivity index (χ2n) is 6.26. The van der Waals surface area contributed by atoms with Crippen molar-refractivity contribution in [1.82, 2.24) is 4.98 Å². The van der Waals surface area contributed by atoms with Crippen LogP contribution in [0.15, 0.2) is 52.1 Å². The molecule has 0 saturated heterocycles. The summed E-state index contributed by atoms with van der Waals surface area (Å²) in [6, 6.07) is 12.9. The second kappa shape index (κ2) is 9.03. The summed E-state index contributed by atoms with van der Waals surface area (Å²) < 4.78 is 5.36. The van der Waals surface area contributed by atoms with E-state index in [9.17, 15) is 20.1 Å². The molecule has 2 heterocycles. The highest BCUT2D eigenvalue weighted by atomic mass is 32.2. The van der Waals surface area contributed by atoms with Crippen molar-refractivity contribution in [1.29, 1.82) is 10.5 Å². The number of carboxylic acid groups (broad SMARTS) is 1.